The highest BCUT2D eigenvalue weighted by molar-refractivity contribution is 5.85. The molecule has 4 rings (SSSR count). The van der Waals surface area contributed by atoms with Crippen LogP contribution >= 0.6 is 0 Å². The molecule has 1 aliphatic rings. The van der Waals surface area contributed by atoms with Crippen LogP contribution in [0, 0.1) is 0 Å². The average Bonchev–Trinajstić information content (AvgIpc) is 3.21. The first-order valence-corrected chi connectivity index (χ1v) is 12.1. The lowest BCUT2D eigenvalue weighted by molar-refractivity contribution is -0.145. The Morgan fingerprint density at radius 1 is 1.09 bits per heavy atom. The van der Waals surface area contributed by atoms with Crippen molar-refractivity contribution in [2.45, 2.75) is 70.9 Å². The average molecular weight is 476 g/mol. The third-order valence-corrected chi connectivity index (χ3v) is 6.33. The maximum atomic E-state index is 12.6. The van der Waals surface area contributed by atoms with E-state index in [4.69, 9.17) is 4.74 Å². The van der Waals surface area contributed by atoms with Crippen LogP contribution in [0.4, 0.5) is 4.79 Å². The van der Waals surface area contributed by atoms with E-state index in [2.05, 4.69) is 45.2 Å². The van der Waals surface area contributed by atoms with Crippen molar-refractivity contribution >= 4 is 12.1 Å². The number of aryl methyl sites for hydroxylation is 1. The zero-order valence-electron chi connectivity index (χ0n) is 20.8. The number of carbonyl (C=O) groups excluding carboxylic acids is 1. The van der Waals surface area contributed by atoms with Gasteiger partial charge in [-0.1, -0.05) is 49.7 Å². The van der Waals surface area contributed by atoms with Crippen molar-refractivity contribution in [1.82, 2.24) is 14.9 Å². The molecule has 7 heteroatoms. The van der Waals surface area contributed by atoms with Gasteiger partial charge in [-0.15, -0.1) is 0 Å². The summed E-state index contributed by atoms with van der Waals surface area (Å²) in [6, 6.07) is 16.7. The molecule has 0 saturated heterocycles. The van der Waals surface area contributed by atoms with Crippen LogP contribution < -0.4 is 5.32 Å². The zero-order chi connectivity index (χ0) is 25.2. The number of alkyl carbamates (subject to hydrolysis) is 1. The van der Waals surface area contributed by atoms with Gasteiger partial charge in [0.05, 0.1) is 17.7 Å². The van der Waals surface area contributed by atoms with Gasteiger partial charge in [-0.25, -0.2) is 14.6 Å². The molecule has 0 radical (unpaired) electrons. The monoisotopic (exact) mass is 475 g/mol. The lowest BCUT2D eigenvalue weighted by atomic mass is 9.86. The number of nitrogens with one attached hydrogen (secondary N) is 1. The van der Waals surface area contributed by atoms with Gasteiger partial charge in [0, 0.05) is 12.1 Å². The summed E-state index contributed by atoms with van der Waals surface area (Å²) in [6.07, 6.45) is 3.55. The van der Waals surface area contributed by atoms with E-state index in [0.29, 0.717) is 12.1 Å². The lowest BCUT2D eigenvalue weighted by Crippen LogP contribution is -2.57. The van der Waals surface area contributed by atoms with Gasteiger partial charge in [0.2, 0.25) is 0 Å². The van der Waals surface area contributed by atoms with Crippen LogP contribution in [0.3, 0.4) is 0 Å². The van der Waals surface area contributed by atoms with E-state index in [-0.39, 0.29) is 12.8 Å². The highest BCUT2D eigenvalue weighted by Gasteiger charge is 2.42. The molecule has 2 N–H and O–H groups in total. The van der Waals surface area contributed by atoms with Gasteiger partial charge in [0.15, 0.2) is 0 Å². The molecule has 1 unspecified atom stereocenters. The Balaban J connectivity index is 1.64. The number of aromatic nitrogens is 2. The van der Waals surface area contributed by atoms with Crippen molar-refractivity contribution in [3.05, 3.63) is 71.8 Å². The van der Waals surface area contributed by atoms with E-state index < -0.39 is 23.2 Å². The molecule has 1 amide bonds. The number of carboxylic acid groups (broad SMARTS) is 1. The van der Waals surface area contributed by atoms with E-state index in [0.717, 1.165) is 24.2 Å². The lowest BCUT2D eigenvalue weighted by Gasteiger charge is -2.32. The molecule has 3 aromatic rings. The summed E-state index contributed by atoms with van der Waals surface area (Å²) in [5.41, 5.74) is 4.08. The first-order chi connectivity index (χ1) is 16.6. The standard InChI is InChI=1S/C28H33N3O4/c1-5-15-28(25(32)33,30-26(34)35-27(2,3)4)17-22-24-14-12-21-16-20(19-9-7-6-8-10-19)11-13-23(21)31(24)18-29-22/h6-11,13,16,18H,5,12,14-15,17H2,1-4H3,(H,30,34)(H,32,33). The maximum Gasteiger partial charge on any atom is 0.408 e. The van der Waals surface area contributed by atoms with Gasteiger partial charge in [0.1, 0.15) is 11.1 Å². The number of hydrogen-bond donors (Lipinski definition) is 2. The first-order valence-electron chi connectivity index (χ1n) is 12.1. The Kier molecular flexibility index (Phi) is 6.70. The van der Waals surface area contributed by atoms with Gasteiger partial charge in [-0.2, -0.15) is 0 Å². The second kappa shape index (κ2) is 9.56. The third kappa shape index (κ3) is 5.24. The fourth-order valence-corrected chi connectivity index (χ4v) is 4.76. The minimum Gasteiger partial charge on any atom is -0.479 e. The molecular formula is C28H33N3O4. The number of aliphatic carboxylic acids is 1. The molecule has 0 fully saturated rings. The van der Waals surface area contributed by atoms with Gasteiger partial charge >= 0.3 is 12.1 Å². The molecule has 0 bridgehead atoms. The van der Waals surface area contributed by atoms with Crippen LogP contribution in [0.25, 0.3) is 16.8 Å². The van der Waals surface area contributed by atoms with E-state index in [9.17, 15) is 14.7 Å². The number of nitrogens with zero attached hydrogens (tertiary/aromatic N) is 2. The number of carbonyl (C=O) groups is 2. The van der Waals surface area contributed by atoms with Crippen molar-refractivity contribution in [2.24, 2.45) is 0 Å². The third-order valence-electron chi connectivity index (χ3n) is 6.33. The number of imidazole rings is 1. The molecular weight excluding hydrogens is 442 g/mol. The van der Waals surface area contributed by atoms with Gasteiger partial charge in [-0.3, -0.25) is 0 Å². The Hall–Kier alpha value is -3.61. The Bertz CT molecular complexity index is 1230. The highest BCUT2D eigenvalue weighted by Crippen LogP contribution is 2.32. The van der Waals surface area contributed by atoms with E-state index in [1.807, 2.05) is 25.1 Å². The summed E-state index contributed by atoms with van der Waals surface area (Å²) in [4.78, 5) is 29.6. The van der Waals surface area contributed by atoms with Crippen molar-refractivity contribution < 1.29 is 19.4 Å². The molecule has 1 aliphatic heterocycles. The highest BCUT2D eigenvalue weighted by atomic mass is 16.6. The van der Waals surface area contributed by atoms with Crippen molar-refractivity contribution in [3.63, 3.8) is 0 Å². The summed E-state index contributed by atoms with van der Waals surface area (Å²) in [5, 5.41) is 12.9. The first kappa shape index (κ1) is 24.5. The Morgan fingerprint density at radius 2 is 1.83 bits per heavy atom. The van der Waals surface area contributed by atoms with Crippen LogP contribution in [0.2, 0.25) is 0 Å². The van der Waals surface area contributed by atoms with E-state index >= 15 is 0 Å². The minimum atomic E-state index is -1.50. The fraction of sp³-hybridized carbons (Fsp3) is 0.393. The normalized spacial score (nSPS) is 14.4. The molecule has 7 nitrogen and oxygen atoms in total. The van der Waals surface area contributed by atoms with Crippen LogP contribution in [-0.2, 0) is 28.8 Å². The molecule has 1 atom stereocenters. The predicted molar refractivity (Wildman–Crippen MR) is 135 cm³/mol. The Labute approximate surface area is 206 Å². The van der Waals surface area contributed by atoms with E-state index in [1.165, 1.54) is 16.7 Å². The van der Waals surface area contributed by atoms with Crippen LogP contribution in [-0.4, -0.2) is 37.9 Å². The number of fused-ring (bicyclic) bond motifs is 3. The number of amides is 1. The van der Waals surface area contributed by atoms with Crippen molar-refractivity contribution in [2.75, 3.05) is 0 Å². The summed E-state index contributed by atoms with van der Waals surface area (Å²) in [5.74, 6) is -1.09. The number of ether oxygens (including phenoxy) is 1. The number of benzene rings is 2. The topological polar surface area (TPSA) is 93.5 Å². The summed E-state index contributed by atoms with van der Waals surface area (Å²) < 4.78 is 7.43. The molecule has 184 valence electrons. The second-order valence-electron chi connectivity index (χ2n) is 10.2. The summed E-state index contributed by atoms with van der Waals surface area (Å²) in [6.45, 7) is 7.15. The molecule has 35 heavy (non-hydrogen) atoms. The predicted octanol–water partition coefficient (Wildman–Crippen LogP) is 5.33. The molecule has 2 heterocycles. The molecule has 0 aliphatic carbocycles. The molecule has 0 saturated carbocycles. The fourth-order valence-electron chi connectivity index (χ4n) is 4.76. The molecule has 0 spiro atoms. The van der Waals surface area contributed by atoms with Crippen LogP contribution in [0.1, 0.15) is 57.5 Å². The number of rotatable bonds is 7. The quantitative estimate of drug-likeness (QED) is 0.482. The second-order valence-corrected chi connectivity index (χ2v) is 10.2. The number of hydrogen-bond acceptors (Lipinski definition) is 4. The van der Waals surface area contributed by atoms with Crippen molar-refractivity contribution in [1.29, 1.82) is 0 Å². The van der Waals surface area contributed by atoms with Gasteiger partial charge in [-0.05, 0) is 68.9 Å². The minimum absolute atomic E-state index is 0.0924. The summed E-state index contributed by atoms with van der Waals surface area (Å²) in [7, 11) is 0. The van der Waals surface area contributed by atoms with Crippen LogP contribution in [0.5, 0.6) is 0 Å². The smallest absolute Gasteiger partial charge is 0.408 e. The molecule has 1 aromatic heterocycles. The SMILES string of the molecule is CCCC(Cc1ncn2c1CCc1cc(-c3ccccc3)ccc1-2)(NC(=O)OC(C)(C)C)C(=O)O. The Morgan fingerprint density at radius 3 is 2.49 bits per heavy atom. The molecule has 2 aromatic carbocycles. The van der Waals surface area contributed by atoms with Crippen LogP contribution in [0.15, 0.2) is 54.9 Å². The van der Waals surface area contributed by atoms with Crippen molar-refractivity contribution in [3.8, 4) is 16.8 Å². The largest absolute Gasteiger partial charge is 0.479 e. The summed E-state index contributed by atoms with van der Waals surface area (Å²) >= 11 is 0. The van der Waals surface area contributed by atoms with Gasteiger partial charge in [0.25, 0.3) is 0 Å². The van der Waals surface area contributed by atoms with E-state index in [1.54, 1.807) is 27.1 Å². The van der Waals surface area contributed by atoms with Gasteiger partial charge < -0.3 is 19.7 Å². The number of carboxylic acids is 1. The zero-order valence-corrected chi connectivity index (χ0v) is 20.8. The maximum absolute atomic E-state index is 12.6.